The van der Waals surface area contributed by atoms with Crippen LogP contribution in [0, 0.1) is 5.82 Å². The second kappa shape index (κ2) is 5.90. The number of anilines is 1. The lowest BCUT2D eigenvalue weighted by Crippen LogP contribution is -1.99. The summed E-state index contributed by atoms with van der Waals surface area (Å²) in [5, 5.41) is 0.984. The van der Waals surface area contributed by atoms with Crippen LogP contribution >= 0.6 is 23.2 Å². The highest BCUT2D eigenvalue weighted by Gasteiger charge is 2.10. The summed E-state index contributed by atoms with van der Waals surface area (Å²) in [6.45, 7) is 0. The fourth-order valence-electron chi connectivity index (χ4n) is 1.59. The molecule has 0 aliphatic heterocycles. The van der Waals surface area contributed by atoms with Crippen molar-refractivity contribution < 1.29 is 8.60 Å². The SMILES string of the molecule is Nc1cc(F)cc(S(=O)Cc2cc(Cl)ccc2Cl)c1. The Morgan fingerprint density at radius 2 is 1.89 bits per heavy atom. The molecule has 0 heterocycles. The van der Waals surface area contributed by atoms with Gasteiger partial charge in [-0.15, -0.1) is 0 Å². The van der Waals surface area contributed by atoms with Crippen LogP contribution in [-0.2, 0) is 16.6 Å². The molecule has 0 saturated heterocycles. The Morgan fingerprint density at radius 3 is 2.58 bits per heavy atom. The molecule has 0 aliphatic carbocycles. The summed E-state index contributed by atoms with van der Waals surface area (Å²) in [7, 11) is -1.44. The molecule has 100 valence electrons. The smallest absolute Gasteiger partial charge is 0.126 e. The van der Waals surface area contributed by atoms with Crippen molar-refractivity contribution in [2.75, 3.05) is 5.73 Å². The van der Waals surface area contributed by atoms with Gasteiger partial charge < -0.3 is 5.73 Å². The summed E-state index contributed by atoms with van der Waals surface area (Å²) >= 11 is 11.9. The van der Waals surface area contributed by atoms with Crippen molar-refractivity contribution >= 4 is 39.7 Å². The van der Waals surface area contributed by atoms with Crippen LogP contribution in [0.1, 0.15) is 5.56 Å². The molecule has 2 aromatic carbocycles. The second-order valence-electron chi connectivity index (χ2n) is 3.95. The quantitative estimate of drug-likeness (QED) is 0.869. The Kier molecular flexibility index (Phi) is 4.45. The molecule has 0 saturated carbocycles. The molecule has 2 N–H and O–H groups in total. The molecule has 1 atom stereocenters. The zero-order chi connectivity index (χ0) is 14.0. The zero-order valence-corrected chi connectivity index (χ0v) is 12.0. The molecule has 19 heavy (non-hydrogen) atoms. The molecule has 0 spiro atoms. The van der Waals surface area contributed by atoms with Gasteiger partial charge in [0.2, 0.25) is 0 Å². The molecule has 6 heteroatoms. The standard InChI is InChI=1S/C13H10Cl2FNOS/c14-9-1-2-13(15)8(3-9)7-19(18)12-5-10(16)4-11(17)6-12/h1-6H,7,17H2. The van der Waals surface area contributed by atoms with Crippen LogP contribution in [0.3, 0.4) is 0 Å². The van der Waals surface area contributed by atoms with E-state index in [-0.39, 0.29) is 11.4 Å². The third-order valence-corrected chi connectivity index (χ3v) is 4.39. The van der Waals surface area contributed by atoms with Gasteiger partial charge in [0.05, 0.1) is 16.6 Å². The van der Waals surface area contributed by atoms with Gasteiger partial charge in [0.15, 0.2) is 0 Å². The molecule has 2 rings (SSSR count). The number of halogens is 3. The van der Waals surface area contributed by atoms with E-state index in [1.807, 2.05) is 0 Å². The average molecular weight is 318 g/mol. The summed E-state index contributed by atoms with van der Waals surface area (Å²) in [5.41, 5.74) is 6.41. The van der Waals surface area contributed by atoms with Crippen molar-refractivity contribution in [3.8, 4) is 0 Å². The second-order valence-corrected chi connectivity index (χ2v) is 6.24. The predicted octanol–water partition coefficient (Wildman–Crippen LogP) is 4.02. The minimum absolute atomic E-state index is 0.155. The Morgan fingerprint density at radius 1 is 1.16 bits per heavy atom. The van der Waals surface area contributed by atoms with E-state index < -0.39 is 16.6 Å². The van der Waals surface area contributed by atoms with E-state index in [0.717, 1.165) is 0 Å². The van der Waals surface area contributed by atoms with E-state index in [4.69, 9.17) is 28.9 Å². The highest BCUT2D eigenvalue weighted by atomic mass is 35.5. The molecule has 2 aromatic rings. The van der Waals surface area contributed by atoms with Crippen LogP contribution in [0.2, 0.25) is 10.0 Å². The molecular formula is C13H10Cl2FNOS. The van der Waals surface area contributed by atoms with Gasteiger partial charge in [0.1, 0.15) is 5.82 Å². The lowest BCUT2D eigenvalue weighted by Gasteiger charge is -2.06. The lowest BCUT2D eigenvalue weighted by atomic mass is 10.2. The summed E-state index contributed by atoms with van der Waals surface area (Å²) in [5.74, 6) is -0.358. The summed E-state index contributed by atoms with van der Waals surface area (Å²) in [4.78, 5) is 0.327. The van der Waals surface area contributed by atoms with E-state index >= 15 is 0 Å². The Balaban J connectivity index is 2.28. The van der Waals surface area contributed by atoms with Crippen molar-refractivity contribution in [1.82, 2.24) is 0 Å². The molecule has 0 aromatic heterocycles. The third-order valence-electron chi connectivity index (χ3n) is 2.45. The van der Waals surface area contributed by atoms with Crippen LogP contribution in [0.4, 0.5) is 10.1 Å². The predicted molar refractivity (Wildman–Crippen MR) is 77.4 cm³/mol. The van der Waals surface area contributed by atoms with Gasteiger partial charge in [0.25, 0.3) is 0 Å². The van der Waals surface area contributed by atoms with Gasteiger partial charge in [-0.2, -0.15) is 0 Å². The van der Waals surface area contributed by atoms with Gasteiger partial charge in [-0.05, 0) is 42.0 Å². The van der Waals surface area contributed by atoms with Crippen molar-refractivity contribution in [1.29, 1.82) is 0 Å². The minimum Gasteiger partial charge on any atom is -0.399 e. The van der Waals surface area contributed by atoms with Crippen molar-refractivity contribution in [2.45, 2.75) is 10.6 Å². The number of nitrogen functional groups attached to an aromatic ring is 1. The molecule has 0 fully saturated rings. The fourth-order valence-corrected chi connectivity index (χ4v) is 3.25. The molecule has 1 unspecified atom stereocenters. The zero-order valence-electron chi connectivity index (χ0n) is 9.70. The van der Waals surface area contributed by atoms with Crippen LogP contribution in [0.25, 0.3) is 0 Å². The molecule has 0 aliphatic rings. The largest absolute Gasteiger partial charge is 0.399 e. The first-order valence-corrected chi connectivity index (χ1v) is 7.41. The Bertz CT molecular complexity index is 628. The lowest BCUT2D eigenvalue weighted by molar-refractivity contribution is 0.623. The first-order valence-electron chi connectivity index (χ1n) is 5.34. The van der Waals surface area contributed by atoms with Gasteiger partial charge in [-0.3, -0.25) is 4.21 Å². The normalized spacial score (nSPS) is 12.4. The van der Waals surface area contributed by atoms with Crippen LogP contribution in [0.15, 0.2) is 41.3 Å². The highest BCUT2D eigenvalue weighted by molar-refractivity contribution is 7.84. The van der Waals surface area contributed by atoms with Crippen molar-refractivity contribution in [3.05, 3.63) is 57.8 Å². The number of hydrogen-bond acceptors (Lipinski definition) is 2. The average Bonchev–Trinajstić information content (AvgIpc) is 2.32. The summed E-state index contributed by atoms with van der Waals surface area (Å²) < 4.78 is 25.4. The van der Waals surface area contributed by atoms with Crippen molar-refractivity contribution in [2.24, 2.45) is 0 Å². The van der Waals surface area contributed by atoms with Crippen LogP contribution < -0.4 is 5.73 Å². The highest BCUT2D eigenvalue weighted by Crippen LogP contribution is 2.24. The minimum atomic E-state index is -1.44. The molecule has 0 amide bonds. The first-order chi connectivity index (χ1) is 8.95. The first kappa shape index (κ1) is 14.3. The number of rotatable bonds is 3. The maximum absolute atomic E-state index is 13.2. The third kappa shape index (κ3) is 3.69. The molecule has 0 radical (unpaired) electrons. The van der Waals surface area contributed by atoms with Gasteiger partial charge in [-0.25, -0.2) is 4.39 Å². The number of benzene rings is 2. The van der Waals surface area contributed by atoms with Crippen LogP contribution in [0.5, 0.6) is 0 Å². The fraction of sp³-hybridized carbons (Fsp3) is 0.0769. The summed E-state index contributed by atoms with van der Waals surface area (Å²) in [6.07, 6.45) is 0. The number of nitrogens with two attached hydrogens (primary N) is 1. The molecule has 2 nitrogen and oxygen atoms in total. The van der Waals surface area contributed by atoms with Crippen LogP contribution in [-0.4, -0.2) is 4.21 Å². The van der Waals surface area contributed by atoms with E-state index in [1.54, 1.807) is 18.2 Å². The van der Waals surface area contributed by atoms with E-state index in [1.165, 1.54) is 18.2 Å². The van der Waals surface area contributed by atoms with E-state index in [0.29, 0.717) is 20.5 Å². The van der Waals surface area contributed by atoms with Crippen molar-refractivity contribution in [3.63, 3.8) is 0 Å². The molecule has 0 bridgehead atoms. The Hall–Kier alpha value is -1.10. The van der Waals surface area contributed by atoms with Gasteiger partial charge >= 0.3 is 0 Å². The van der Waals surface area contributed by atoms with E-state index in [9.17, 15) is 8.60 Å². The van der Waals surface area contributed by atoms with Gasteiger partial charge in [0, 0.05) is 20.6 Å². The van der Waals surface area contributed by atoms with Gasteiger partial charge in [-0.1, -0.05) is 23.2 Å². The molecular weight excluding hydrogens is 308 g/mol. The Labute approximate surface area is 122 Å². The topological polar surface area (TPSA) is 43.1 Å². The maximum Gasteiger partial charge on any atom is 0.126 e. The summed E-state index contributed by atoms with van der Waals surface area (Å²) in [6, 6.07) is 8.78. The van der Waals surface area contributed by atoms with E-state index in [2.05, 4.69) is 0 Å². The monoisotopic (exact) mass is 317 g/mol. The maximum atomic E-state index is 13.2. The number of hydrogen-bond donors (Lipinski definition) is 1.